The Balaban J connectivity index is 2.24. The molecule has 0 radical (unpaired) electrons. The van der Waals surface area contributed by atoms with Crippen LogP contribution >= 0.6 is 0 Å². The molecule has 4 nitrogen and oxygen atoms in total. The maximum absolute atomic E-state index is 11.6. The summed E-state index contributed by atoms with van der Waals surface area (Å²) in [5.74, 6) is 0.553. The van der Waals surface area contributed by atoms with Crippen LogP contribution < -0.4 is 0 Å². The Hall–Kier alpha value is -1.06. The highest BCUT2D eigenvalue weighted by Crippen LogP contribution is 2.41. The predicted octanol–water partition coefficient (Wildman–Crippen LogP) is 2.91. The third-order valence-corrected chi connectivity index (χ3v) is 4.48. The molecule has 4 heteroatoms. The Morgan fingerprint density at radius 1 is 1.28 bits per heavy atom. The molecule has 3 unspecified atom stereocenters. The SMILES string of the molecule is CC(C)(C)C1CCC2CC(=O)CCC2N1C(=O)O. The smallest absolute Gasteiger partial charge is 0.407 e. The number of fused-ring (bicyclic) bond motifs is 1. The average molecular weight is 253 g/mol. The molecule has 1 aliphatic heterocycles. The summed E-state index contributed by atoms with van der Waals surface area (Å²) in [4.78, 5) is 24.7. The number of carboxylic acid groups (broad SMARTS) is 1. The van der Waals surface area contributed by atoms with Crippen molar-refractivity contribution < 1.29 is 14.7 Å². The van der Waals surface area contributed by atoms with Crippen LogP contribution in [0.3, 0.4) is 0 Å². The molecule has 1 amide bonds. The van der Waals surface area contributed by atoms with Crippen molar-refractivity contribution in [3.8, 4) is 0 Å². The van der Waals surface area contributed by atoms with Crippen LogP contribution in [0.1, 0.15) is 52.9 Å². The fourth-order valence-corrected chi connectivity index (χ4v) is 3.60. The molecule has 18 heavy (non-hydrogen) atoms. The van der Waals surface area contributed by atoms with Crippen LogP contribution in [0.15, 0.2) is 0 Å². The number of hydrogen-bond acceptors (Lipinski definition) is 2. The van der Waals surface area contributed by atoms with E-state index in [1.54, 1.807) is 4.90 Å². The number of ketones is 1. The number of piperidine rings is 1. The number of hydrogen-bond donors (Lipinski definition) is 1. The van der Waals surface area contributed by atoms with E-state index in [0.717, 1.165) is 12.8 Å². The molecule has 2 fully saturated rings. The molecular weight excluding hydrogens is 230 g/mol. The van der Waals surface area contributed by atoms with E-state index in [1.165, 1.54) is 0 Å². The molecule has 0 aromatic carbocycles. The zero-order valence-electron chi connectivity index (χ0n) is 11.5. The van der Waals surface area contributed by atoms with Gasteiger partial charge in [0.2, 0.25) is 0 Å². The number of nitrogens with zero attached hydrogens (tertiary/aromatic N) is 1. The molecule has 2 aliphatic rings. The zero-order valence-corrected chi connectivity index (χ0v) is 11.5. The van der Waals surface area contributed by atoms with Crippen LogP contribution in [0.5, 0.6) is 0 Å². The predicted molar refractivity (Wildman–Crippen MR) is 68.5 cm³/mol. The molecule has 1 heterocycles. The van der Waals surface area contributed by atoms with Gasteiger partial charge in [0.05, 0.1) is 0 Å². The average Bonchev–Trinajstić information content (AvgIpc) is 2.25. The van der Waals surface area contributed by atoms with Gasteiger partial charge in [0.25, 0.3) is 0 Å². The van der Waals surface area contributed by atoms with Gasteiger partial charge in [0.1, 0.15) is 5.78 Å². The molecule has 102 valence electrons. The minimum atomic E-state index is -0.820. The van der Waals surface area contributed by atoms with E-state index in [2.05, 4.69) is 20.8 Å². The largest absolute Gasteiger partial charge is 0.465 e. The van der Waals surface area contributed by atoms with E-state index in [1.807, 2.05) is 0 Å². The molecule has 0 bridgehead atoms. The van der Waals surface area contributed by atoms with Gasteiger partial charge in [-0.1, -0.05) is 20.8 Å². The van der Waals surface area contributed by atoms with E-state index in [0.29, 0.717) is 25.0 Å². The first-order valence-corrected chi connectivity index (χ1v) is 6.83. The summed E-state index contributed by atoms with van der Waals surface area (Å²) in [6, 6.07) is 0.127. The molecule has 1 saturated heterocycles. The minimum absolute atomic E-state index is 0.0369. The molecular formula is C14H23NO3. The summed E-state index contributed by atoms with van der Waals surface area (Å²) in [6.45, 7) is 6.30. The van der Waals surface area contributed by atoms with Crippen molar-refractivity contribution >= 4 is 11.9 Å². The monoisotopic (exact) mass is 253 g/mol. The maximum atomic E-state index is 11.6. The first kappa shape index (κ1) is 13.4. The fourth-order valence-electron chi connectivity index (χ4n) is 3.60. The molecule has 3 atom stereocenters. The van der Waals surface area contributed by atoms with E-state index in [4.69, 9.17) is 0 Å². The third kappa shape index (κ3) is 2.38. The Morgan fingerprint density at radius 3 is 2.50 bits per heavy atom. The molecule has 0 aromatic heterocycles. The highest BCUT2D eigenvalue weighted by molar-refractivity contribution is 5.80. The van der Waals surface area contributed by atoms with Gasteiger partial charge in [0.15, 0.2) is 0 Å². The zero-order chi connectivity index (χ0) is 13.5. The summed E-state index contributed by atoms with van der Waals surface area (Å²) in [7, 11) is 0. The lowest BCUT2D eigenvalue weighted by atomic mass is 9.71. The van der Waals surface area contributed by atoms with E-state index >= 15 is 0 Å². The molecule has 0 aromatic rings. The van der Waals surface area contributed by atoms with Gasteiger partial charge in [-0.25, -0.2) is 4.79 Å². The van der Waals surface area contributed by atoms with Gasteiger partial charge < -0.3 is 10.0 Å². The van der Waals surface area contributed by atoms with E-state index in [9.17, 15) is 14.7 Å². The summed E-state index contributed by atoms with van der Waals surface area (Å²) in [5, 5.41) is 9.52. The number of likely N-dealkylation sites (tertiary alicyclic amines) is 1. The molecule has 1 aliphatic carbocycles. The van der Waals surface area contributed by atoms with Crippen LogP contribution in [-0.2, 0) is 4.79 Å². The number of amides is 1. The second-order valence-corrected chi connectivity index (χ2v) is 6.76. The van der Waals surface area contributed by atoms with Crippen LogP contribution in [0.25, 0.3) is 0 Å². The molecule has 1 N–H and O–H groups in total. The highest BCUT2D eigenvalue weighted by atomic mass is 16.4. The summed E-state index contributed by atoms with van der Waals surface area (Å²) in [6.07, 6.45) is 2.88. The van der Waals surface area contributed by atoms with Crippen molar-refractivity contribution in [3.63, 3.8) is 0 Å². The van der Waals surface area contributed by atoms with Crippen LogP contribution in [-0.4, -0.2) is 34.0 Å². The van der Waals surface area contributed by atoms with Gasteiger partial charge in [-0.3, -0.25) is 4.79 Å². The van der Waals surface area contributed by atoms with Crippen LogP contribution in [0.2, 0.25) is 0 Å². The lowest BCUT2D eigenvalue weighted by Gasteiger charge is -2.51. The minimum Gasteiger partial charge on any atom is -0.465 e. The lowest BCUT2D eigenvalue weighted by molar-refractivity contribution is -0.125. The topological polar surface area (TPSA) is 57.6 Å². The normalized spacial score (nSPS) is 33.2. The number of carbonyl (C=O) groups is 2. The number of rotatable bonds is 0. The van der Waals surface area contributed by atoms with Crippen molar-refractivity contribution in [3.05, 3.63) is 0 Å². The highest BCUT2D eigenvalue weighted by Gasteiger charge is 2.46. The molecule has 0 spiro atoms. The van der Waals surface area contributed by atoms with Gasteiger partial charge in [0, 0.05) is 24.9 Å². The van der Waals surface area contributed by atoms with Crippen molar-refractivity contribution in [1.82, 2.24) is 4.90 Å². The number of carbonyl (C=O) groups excluding carboxylic acids is 1. The fraction of sp³-hybridized carbons (Fsp3) is 0.857. The van der Waals surface area contributed by atoms with E-state index in [-0.39, 0.29) is 23.4 Å². The Labute approximate surface area is 108 Å². The number of Topliss-reactive ketones (excluding diaryl/α,β-unsaturated/α-hetero) is 1. The first-order valence-electron chi connectivity index (χ1n) is 6.83. The van der Waals surface area contributed by atoms with Gasteiger partial charge in [-0.2, -0.15) is 0 Å². The summed E-state index contributed by atoms with van der Waals surface area (Å²) < 4.78 is 0. The first-order chi connectivity index (χ1) is 8.30. The standard InChI is InChI=1S/C14H23NO3/c1-14(2,3)12-7-4-9-8-10(16)5-6-11(9)15(12)13(17)18/h9,11-12H,4-8H2,1-3H3,(H,17,18). The van der Waals surface area contributed by atoms with Crippen molar-refractivity contribution in [2.75, 3.05) is 0 Å². The maximum Gasteiger partial charge on any atom is 0.407 e. The molecule has 2 rings (SSSR count). The van der Waals surface area contributed by atoms with Gasteiger partial charge in [-0.15, -0.1) is 0 Å². The Bertz CT molecular complexity index is 359. The third-order valence-electron chi connectivity index (χ3n) is 4.48. The Kier molecular flexibility index (Phi) is 3.39. The van der Waals surface area contributed by atoms with Crippen LogP contribution in [0, 0.1) is 11.3 Å². The van der Waals surface area contributed by atoms with Crippen molar-refractivity contribution in [2.24, 2.45) is 11.3 Å². The van der Waals surface area contributed by atoms with Crippen LogP contribution in [0.4, 0.5) is 4.79 Å². The van der Waals surface area contributed by atoms with Gasteiger partial charge >= 0.3 is 6.09 Å². The summed E-state index contributed by atoms with van der Waals surface area (Å²) in [5.41, 5.74) is -0.0369. The van der Waals surface area contributed by atoms with Gasteiger partial charge in [-0.05, 0) is 30.6 Å². The quantitative estimate of drug-likeness (QED) is 0.722. The van der Waals surface area contributed by atoms with Crippen molar-refractivity contribution in [2.45, 2.75) is 65.0 Å². The summed E-state index contributed by atoms with van der Waals surface area (Å²) >= 11 is 0. The lowest BCUT2D eigenvalue weighted by Crippen LogP contribution is -2.58. The Morgan fingerprint density at radius 2 is 1.94 bits per heavy atom. The second kappa shape index (κ2) is 4.56. The second-order valence-electron chi connectivity index (χ2n) is 6.76. The van der Waals surface area contributed by atoms with E-state index < -0.39 is 6.09 Å². The molecule has 1 saturated carbocycles. The van der Waals surface area contributed by atoms with Crippen molar-refractivity contribution in [1.29, 1.82) is 0 Å².